The van der Waals surface area contributed by atoms with Crippen LogP contribution in [0.4, 0.5) is 4.39 Å². The maximum absolute atomic E-state index is 13.5. The fourth-order valence-electron chi connectivity index (χ4n) is 2.47. The summed E-state index contributed by atoms with van der Waals surface area (Å²) in [6, 6.07) is 16.4. The van der Waals surface area contributed by atoms with Crippen LogP contribution in [0.5, 0.6) is 0 Å². The maximum atomic E-state index is 13.5. The van der Waals surface area contributed by atoms with Crippen LogP contribution in [0.1, 0.15) is 12.8 Å². The SMILES string of the molecule is N#CCCCn1c(-c2cccc(F)c2)nc2ccccc21. The lowest BCUT2D eigenvalue weighted by Crippen LogP contribution is -2.00. The molecule has 3 aromatic rings. The van der Waals surface area contributed by atoms with Crippen molar-refractivity contribution >= 4 is 11.0 Å². The Hall–Kier alpha value is -2.67. The van der Waals surface area contributed by atoms with Gasteiger partial charge in [0.2, 0.25) is 0 Å². The highest BCUT2D eigenvalue weighted by molar-refractivity contribution is 5.80. The van der Waals surface area contributed by atoms with Crippen molar-refractivity contribution in [1.29, 1.82) is 5.26 Å². The summed E-state index contributed by atoms with van der Waals surface area (Å²) in [5.41, 5.74) is 2.64. The van der Waals surface area contributed by atoms with Crippen LogP contribution in [0.15, 0.2) is 48.5 Å². The summed E-state index contributed by atoms with van der Waals surface area (Å²) in [5.74, 6) is 0.469. The van der Waals surface area contributed by atoms with Gasteiger partial charge in [-0.2, -0.15) is 5.26 Å². The molecule has 3 rings (SSSR count). The summed E-state index contributed by atoms with van der Waals surface area (Å²) in [6.45, 7) is 0.694. The van der Waals surface area contributed by atoms with E-state index in [0.29, 0.717) is 13.0 Å². The Kier molecular flexibility index (Phi) is 3.65. The Morgan fingerprint density at radius 2 is 2.00 bits per heavy atom. The summed E-state index contributed by atoms with van der Waals surface area (Å²) >= 11 is 0. The summed E-state index contributed by atoms with van der Waals surface area (Å²) in [7, 11) is 0. The molecule has 21 heavy (non-hydrogen) atoms. The fraction of sp³-hybridized carbons (Fsp3) is 0.176. The van der Waals surface area contributed by atoms with Gasteiger partial charge in [-0.25, -0.2) is 9.37 Å². The van der Waals surface area contributed by atoms with Crippen molar-refractivity contribution in [2.75, 3.05) is 0 Å². The third kappa shape index (κ3) is 2.63. The van der Waals surface area contributed by atoms with E-state index >= 15 is 0 Å². The number of benzene rings is 2. The van der Waals surface area contributed by atoms with Crippen LogP contribution < -0.4 is 0 Å². The standard InChI is InChI=1S/C17H14FN3/c18-14-7-5-6-13(12-14)17-20-15-8-1-2-9-16(15)21(17)11-4-3-10-19/h1-2,5-9,12H,3-4,11H2. The Balaban J connectivity index is 2.12. The van der Waals surface area contributed by atoms with E-state index in [1.54, 1.807) is 6.07 Å². The Morgan fingerprint density at radius 3 is 2.81 bits per heavy atom. The number of nitriles is 1. The van der Waals surface area contributed by atoms with Gasteiger partial charge in [-0.3, -0.25) is 0 Å². The van der Waals surface area contributed by atoms with Crippen molar-refractivity contribution in [2.24, 2.45) is 0 Å². The zero-order valence-electron chi connectivity index (χ0n) is 11.5. The molecular formula is C17H14FN3. The number of halogens is 1. The first kappa shape index (κ1) is 13.3. The fourth-order valence-corrected chi connectivity index (χ4v) is 2.47. The molecule has 0 spiro atoms. The van der Waals surface area contributed by atoms with Gasteiger partial charge in [0.1, 0.15) is 11.6 Å². The number of imidazole rings is 1. The Labute approximate surface area is 122 Å². The van der Waals surface area contributed by atoms with Gasteiger partial charge in [-0.15, -0.1) is 0 Å². The molecule has 0 aliphatic rings. The van der Waals surface area contributed by atoms with Gasteiger partial charge in [-0.05, 0) is 30.7 Å². The predicted octanol–water partition coefficient (Wildman–Crippen LogP) is 4.15. The summed E-state index contributed by atoms with van der Waals surface area (Å²) < 4.78 is 15.5. The topological polar surface area (TPSA) is 41.6 Å². The van der Waals surface area contributed by atoms with Crippen LogP contribution in [0.25, 0.3) is 22.4 Å². The van der Waals surface area contributed by atoms with E-state index in [-0.39, 0.29) is 5.82 Å². The molecule has 0 atom stereocenters. The van der Waals surface area contributed by atoms with Crippen molar-refractivity contribution in [3.05, 3.63) is 54.3 Å². The molecule has 3 nitrogen and oxygen atoms in total. The largest absolute Gasteiger partial charge is 0.324 e. The molecule has 0 N–H and O–H groups in total. The number of hydrogen-bond donors (Lipinski definition) is 0. The van der Waals surface area contributed by atoms with E-state index in [0.717, 1.165) is 28.8 Å². The lowest BCUT2D eigenvalue weighted by Gasteiger charge is -2.08. The molecule has 0 bridgehead atoms. The van der Waals surface area contributed by atoms with Crippen LogP contribution in [0, 0.1) is 17.1 Å². The molecule has 4 heteroatoms. The third-order valence-corrected chi connectivity index (χ3v) is 3.41. The normalized spacial score (nSPS) is 10.7. The first-order valence-electron chi connectivity index (χ1n) is 6.88. The van der Waals surface area contributed by atoms with Gasteiger partial charge in [0.15, 0.2) is 0 Å². The highest BCUT2D eigenvalue weighted by atomic mass is 19.1. The lowest BCUT2D eigenvalue weighted by molar-refractivity contribution is 0.627. The highest BCUT2D eigenvalue weighted by Gasteiger charge is 2.12. The molecule has 104 valence electrons. The van der Waals surface area contributed by atoms with Crippen LogP contribution in [0.3, 0.4) is 0 Å². The minimum absolute atomic E-state index is 0.275. The van der Waals surface area contributed by atoms with Gasteiger partial charge >= 0.3 is 0 Å². The first-order chi connectivity index (χ1) is 10.3. The number of unbranched alkanes of at least 4 members (excludes halogenated alkanes) is 1. The molecule has 0 fully saturated rings. The molecule has 0 aliphatic heterocycles. The zero-order chi connectivity index (χ0) is 14.7. The van der Waals surface area contributed by atoms with Crippen molar-refractivity contribution in [3.8, 4) is 17.5 Å². The second-order valence-corrected chi connectivity index (χ2v) is 4.85. The quantitative estimate of drug-likeness (QED) is 0.673. The zero-order valence-corrected chi connectivity index (χ0v) is 11.5. The molecule has 0 saturated heterocycles. The number of fused-ring (bicyclic) bond motifs is 1. The second-order valence-electron chi connectivity index (χ2n) is 4.85. The number of rotatable bonds is 4. The maximum Gasteiger partial charge on any atom is 0.141 e. The molecule has 0 radical (unpaired) electrons. The average Bonchev–Trinajstić information content (AvgIpc) is 2.87. The van der Waals surface area contributed by atoms with Crippen LogP contribution >= 0.6 is 0 Å². The average molecular weight is 279 g/mol. The van der Waals surface area contributed by atoms with E-state index in [4.69, 9.17) is 5.26 Å². The molecule has 0 aliphatic carbocycles. The number of aromatic nitrogens is 2. The summed E-state index contributed by atoms with van der Waals surface area (Å²) in [6.07, 6.45) is 1.24. The highest BCUT2D eigenvalue weighted by Crippen LogP contribution is 2.25. The number of hydrogen-bond acceptors (Lipinski definition) is 2. The predicted molar refractivity (Wildman–Crippen MR) is 80.0 cm³/mol. The smallest absolute Gasteiger partial charge is 0.141 e. The number of para-hydroxylation sites is 2. The van der Waals surface area contributed by atoms with E-state index < -0.39 is 0 Å². The van der Waals surface area contributed by atoms with E-state index in [9.17, 15) is 4.39 Å². The molecule has 0 unspecified atom stereocenters. The monoisotopic (exact) mass is 279 g/mol. The van der Waals surface area contributed by atoms with Crippen LogP contribution in [-0.4, -0.2) is 9.55 Å². The van der Waals surface area contributed by atoms with E-state index in [1.807, 2.05) is 30.3 Å². The molecule has 1 aromatic heterocycles. The molecule has 0 amide bonds. The van der Waals surface area contributed by atoms with Crippen molar-refractivity contribution in [2.45, 2.75) is 19.4 Å². The van der Waals surface area contributed by atoms with Crippen LogP contribution in [0.2, 0.25) is 0 Å². The van der Waals surface area contributed by atoms with Crippen molar-refractivity contribution in [1.82, 2.24) is 9.55 Å². The minimum atomic E-state index is -0.275. The van der Waals surface area contributed by atoms with Crippen LogP contribution in [-0.2, 0) is 6.54 Å². The van der Waals surface area contributed by atoms with Crippen molar-refractivity contribution in [3.63, 3.8) is 0 Å². The second kappa shape index (κ2) is 5.76. The van der Waals surface area contributed by atoms with Gasteiger partial charge in [-0.1, -0.05) is 24.3 Å². The summed E-state index contributed by atoms with van der Waals surface area (Å²) in [5, 5.41) is 8.71. The summed E-state index contributed by atoms with van der Waals surface area (Å²) in [4.78, 5) is 4.62. The van der Waals surface area contributed by atoms with Gasteiger partial charge in [0.25, 0.3) is 0 Å². The van der Waals surface area contributed by atoms with Crippen molar-refractivity contribution < 1.29 is 4.39 Å². The van der Waals surface area contributed by atoms with Gasteiger partial charge < -0.3 is 4.57 Å². The first-order valence-corrected chi connectivity index (χ1v) is 6.88. The number of aryl methyl sites for hydroxylation is 1. The van der Waals surface area contributed by atoms with Gasteiger partial charge in [0.05, 0.1) is 17.1 Å². The van der Waals surface area contributed by atoms with Gasteiger partial charge in [0, 0.05) is 18.5 Å². The molecule has 0 saturated carbocycles. The van der Waals surface area contributed by atoms with E-state index in [1.165, 1.54) is 12.1 Å². The Morgan fingerprint density at radius 1 is 1.14 bits per heavy atom. The Bertz CT molecular complexity index is 814. The number of nitrogens with zero attached hydrogens (tertiary/aromatic N) is 3. The molecule has 2 aromatic carbocycles. The minimum Gasteiger partial charge on any atom is -0.324 e. The van der Waals surface area contributed by atoms with E-state index in [2.05, 4.69) is 15.6 Å². The molecular weight excluding hydrogens is 265 g/mol. The molecule has 1 heterocycles. The lowest BCUT2D eigenvalue weighted by atomic mass is 10.2. The third-order valence-electron chi connectivity index (χ3n) is 3.41.